The molecule has 46 valence electrons. The van der Waals surface area contributed by atoms with Crippen LogP contribution in [-0.2, 0) is 0 Å². The summed E-state index contributed by atoms with van der Waals surface area (Å²) in [5.41, 5.74) is 15.8. The Bertz CT molecular complexity index is 174. The van der Waals surface area contributed by atoms with Gasteiger partial charge in [0.2, 0.25) is 0 Å². The van der Waals surface area contributed by atoms with E-state index in [1.807, 2.05) is 0 Å². The van der Waals surface area contributed by atoms with Crippen LogP contribution < -0.4 is 0 Å². The van der Waals surface area contributed by atoms with Gasteiger partial charge in [-0.1, -0.05) is 10.2 Å². The molecule has 0 spiro atoms. The number of nitrogens with zero attached hydrogens (tertiary/aromatic N) is 6. The monoisotopic (exact) mass is 124 g/mol. The van der Waals surface area contributed by atoms with Gasteiger partial charge in [-0.3, -0.25) is 0 Å². The third-order valence-electron chi connectivity index (χ3n) is 1.12. The molecule has 0 aliphatic heterocycles. The van der Waals surface area contributed by atoms with Crippen LogP contribution in [0.1, 0.15) is 6.42 Å². The fourth-order valence-corrected chi connectivity index (χ4v) is 0.550. The van der Waals surface area contributed by atoms with Gasteiger partial charge in [-0.05, 0) is 17.5 Å². The normalized spacial score (nSPS) is 29.8. The molecular weight excluding hydrogens is 120 g/mol. The van der Waals surface area contributed by atoms with Crippen molar-refractivity contribution in [3.8, 4) is 0 Å². The lowest BCUT2D eigenvalue weighted by Crippen LogP contribution is -1.79. The first-order chi connectivity index (χ1) is 4.38. The maximum absolute atomic E-state index is 7.89. The van der Waals surface area contributed by atoms with Crippen LogP contribution in [0.25, 0.3) is 20.9 Å². The molecular formula is C3H4N6. The van der Waals surface area contributed by atoms with Crippen LogP contribution in [0.3, 0.4) is 0 Å². The molecule has 1 fully saturated rings. The molecule has 0 aromatic rings. The van der Waals surface area contributed by atoms with Crippen LogP contribution in [0, 0.1) is 0 Å². The van der Waals surface area contributed by atoms with E-state index in [2.05, 4.69) is 20.1 Å². The number of rotatable bonds is 2. The van der Waals surface area contributed by atoms with Gasteiger partial charge in [-0.15, -0.1) is 0 Å². The Morgan fingerprint density at radius 1 is 1.11 bits per heavy atom. The van der Waals surface area contributed by atoms with Gasteiger partial charge < -0.3 is 0 Å². The predicted molar refractivity (Wildman–Crippen MR) is 30.5 cm³/mol. The zero-order chi connectivity index (χ0) is 6.69. The van der Waals surface area contributed by atoms with E-state index < -0.39 is 0 Å². The van der Waals surface area contributed by atoms with Crippen molar-refractivity contribution in [2.24, 2.45) is 10.2 Å². The van der Waals surface area contributed by atoms with E-state index in [1.165, 1.54) is 0 Å². The van der Waals surface area contributed by atoms with Gasteiger partial charge in [0.25, 0.3) is 0 Å². The fraction of sp³-hybridized carbons (Fsp3) is 1.00. The molecule has 1 aliphatic rings. The van der Waals surface area contributed by atoms with Crippen LogP contribution >= 0.6 is 0 Å². The van der Waals surface area contributed by atoms with Crippen molar-refractivity contribution >= 4 is 0 Å². The van der Waals surface area contributed by atoms with E-state index in [-0.39, 0.29) is 12.1 Å². The summed E-state index contributed by atoms with van der Waals surface area (Å²) in [5.74, 6) is 0. The van der Waals surface area contributed by atoms with Crippen LogP contribution in [0.2, 0.25) is 0 Å². The first kappa shape index (κ1) is 5.75. The summed E-state index contributed by atoms with van der Waals surface area (Å²) in [6, 6.07) is -0.156. The van der Waals surface area contributed by atoms with Crippen molar-refractivity contribution in [3.05, 3.63) is 20.9 Å². The van der Waals surface area contributed by atoms with Crippen LogP contribution in [0.4, 0.5) is 0 Å². The molecule has 0 amide bonds. The number of azide groups is 2. The zero-order valence-corrected chi connectivity index (χ0v) is 4.55. The lowest BCUT2D eigenvalue weighted by Gasteiger charge is -1.73. The van der Waals surface area contributed by atoms with Gasteiger partial charge in [-0.2, -0.15) is 0 Å². The third kappa shape index (κ3) is 1.25. The Labute approximate surface area is 50.7 Å². The number of hydrogen-bond acceptors (Lipinski definition) is 2. The fourth-order valence-electron chi connectivity index (χ4n) is 0.550. The predicted octanol–water partition coefficient (Wildman–Crippen LogP) is 1.75. The van der Waals surface area contributed by atoms with E-state index in [1.54, 1.807) is 0 Å². The highest BCUT2D eigenvalue weighted by Crippen LogP contribution is 2.28. The summed E-state index contributed by atoms with van der Waals surface area (Å²) in [6.45, 7) is 0. The molecule has 0 aromatic carbocycles. The minimum Gasteiger partial charge on any atom is -0.0902 e. The Kier molecular flexibility index (Phi) is 1.44. The molecule has 6 nitrogen and oxygen atoms in total. The molecule has 9 heavy (non-hydrogen) atoms. The van der Waals surface area contributed by atoms with Gasteiger partial charge in [0.05, 0.1) is 0 Å². The molecule has 1 rings (SSSR count). The lowest BCUT2D eigenvalue weighted by atomic mass is 10.7. The van der Waals surface area contributed by atoms with Crippen molar-refractivity contribution < 1.29 is 0 Å². The second-order valence-corrected chi connectivity index (χ2v) is 1.78. The van der Waals surface area contributed by atoms with E-state index in [9.17, 15) is 0 Å². The summed E-state index contributed by atoms with van der Waals surface area (Å²) in [5, 5.41) is 6.70. The average molecular weight is 124 g/mol. The molecule has 0 aromatic heterocycles. The second kappa shape index (κ2) is 2.26. The molecule has 2 unspecified atom stereocenters. The highest BCUT2D eigenvalue weighted by molar-refractivity contribution is 4.99. The van der Waals surface area contributed by atoms with Crippen molar-refractivity contribution in [2.75, 3.05) is 0 Å². The maximum atomic E-state index is 7.89. The Hall–Kier alpha value is -1.38. The minimum absolute atomic E-state index is 0.0779. The summed E-state index contributed by atoms with van der Waals surface area (Å²) < 4.78 is 0. The topological polar surface area (TPSA) is 97.5 Å². The SMILES string of the molecule is [N-]=[N+]=NC1CC1N=[N+]=[N-]. The van der Waals surface area contributed by atoms with Crippen LogP contribution in [0.15, 0.2) is 10.2 Å². The summed E-state index contributed by atoms with van der Waals surface area (Å²) >= 11 is 0. The molecule has 0 bridgehead atoms. The Balaban J connectivity index is 2.41. The van der Waals surface area contributed by atoms with Gasteiger partial charge in [0.15, 0.2) is 0 Å². The Morgan fingerprint density at radius 3 is 1.89 bits per heavy atom. The Morgan fingerprint density at radius 2 is 1.56 bits per heavy atom. The molecule has 0 radical (unpaired) electrons. The van der Waals surface area contributed by atoms with Crippen molar-refractivity contribution in [3.63, 3.8) is 0 Å². The maximum Gasteiger partial charge on any atom is 0.0462 e. The second-order valence-electron chi connectivity index (χ2n) is 1.78. The van der Waals surface area contributed by atoms with E-state index in [0.717, 1.165) is 0 Å². The first-order valence-electron chi connectivity index (χ1n) is 2.47. The van der Waals surface area contributed by atoms with Crippen molar-refractivity contribution in [2.45, 2.75) is 18.5 Å². The van der Waals surface area contributed by atoms with E-state index >= 15 is 0 Å². The average Bonchev–Trinajstić information content (AvgIpc) is 2.50. The zero-order valence-electron chi connectivity index (χ0n) is 4.55. The highest BCUT2D eigenvalue weighted by Gasteiger charge is 2.34. The van der Waals surface area contributed by atoms with Gasteiger partial charge in [-0.25, -0.2) is 0 Å². The molecule has 2 atom stereocenters. The largest absolute Gasteiger partial charge is 0.0902 e. The molecule has 0 N–H and O–H groups in total. The van der Waals surface area contributed by atoms with Crippen molar-refractivity contribution in [1.29, 1.82) is 0 Å². The van der Waals surface area contributed by atoms with E-state index in [0.29, 0.717) is 6.42 Å². The molecule has 1 aliphatic carbocycles. The van der Waals surface area contributed by atoms with Gasteiger partial charge >= 0.3 is 0 Å². The number of hydrogen-bond donors (Lipinski definition) is 0. The standard InChI is InChI=1S/C3H4N6/c4-8-6-2-1-3(2)7-9-5/h2-3H,1H2. The quantitative estimate of drug-likeness (QED) is 0.304. The van der Waals surface area contributed by atoms with Crippen LogP contribution in [-0.4, -0.2) is 12.1 Å². The van der Waals surface area contributed by atoms with Gasteiger partial charge in [0, 0.05) is 21.9 Å². The molecule has 0 heterocycles. The minimum atomic E-state index is -0.0779. The molecule has 6 heteroatoms. The lowest BCUT2D eigenvalue weighted by molar-refractivity contribution is 0.940. The third-order valence-corrected chi connectivity index (χ3v) is 1.12. The van der Waals surface area contributed by atoms with Crippen molar-refractivity contribution in [1.82, 2.24) is 0 Å². The van der Waals surface area contributed by atoms with Crippen LogP contribution in [0.5, 0.6) is 0 Å². The van der Waals surface area contributed by atoms with Gasteiger partial charge in [0.1, 0.15) is 0 Å². The summed E-state index contributed by atoms with van der Waals surface area (Å²) in [4.78, 5) is 5.14. The molecule has 1 saturated carbocycles. The van der Waals surface area contributed by atoms with E-state index in [4.69, 9.17) is 11.1 Å². The molecule has 0 saturated heterocycles. The first-order valence-corrected chi connectivity index (χ1v) is 2.47. The highest BCUT2D eigenvalue weighted by atomic mass is 15.2. The smallest absolute Gasteiger partial charge is 0.0462 e. The summed E-state index contributed by atoms with van der Waals surface area (Å²) in [7, 11) is 0. The summed E-state index contributed by atoms with van der Waals surface area (Å²) in [6.07, 6.45) is 0.703.